The van der Waals surface area contributed by atoms with E-state index in [9.17, 15) is 0 Å². The fourth-order valence-corrected chi connectivity index (χ4v) is 1.40. The monoisotopic (exact) mass is 173 g/mol. The van der Waals surface area contributed by atoms with Gasteiger partial charge < -0.3 is 5.73 Å². The zero-order valence-corrected chi connectivity index (χ0v) is 7.23. The molecule has 0 spiro atoms. The summed E-state index contributed by atoms with van der Waals surface area (Å²) in [5, 5.41) is 7.40. The predicted octanol–water partition coefficient (Wildman–Crippen LogP) is 0.570. The molecule has 0 radical (unpaired) electrons. The van der Waals surface area contributed by atoms with Crippen LogP contribution in [-0.4, -0.2) is 22.6 Å². The van der Waals surface area contributed by atoms with E-state index in [0.717, 1.165) is 22.9 Å². The van der Waals surface area contributed by atoms with Gasteiger partial charge in [-0.3, -0.25) is 0 Å². The van der Waals surface area contributed by atoms with E-state index >= 15 is 0 Å². The van der Waals surface area contributed by atoms with Gasteiger partial charge in [0.2, 0.25) is 0 Å². The summed E-state index contributed by atoms with van der Waals surface area (Å²) in [4.78, 5) is 0. The number of rotatable bonds is 4. The molecule has 0 aliphatic rings. The summed E-state index contributed by atoms with van der Waals surface area (Å²) in [5.41, 5.74) is 7.12. The van der Waals surface area contributed by atoms with Gasteiger partial charge in [0, 0.05) is 18.1 Å². The summed E-state index contributed by atoms with van der Waals surface area (Å²) in [6, 6.07) is 0. The third-order valence-corrected chi connectivity index (χ3v) is 2.25. The zero-order valence-electron chi connectivity index (χ0n) is 6.41. The van der Waals surface area contributed by atoms with E-state index in [4.69, 9.17) is 5.73 Å². The minimum Gasteiger partial charge on any atom is -0.330 e. The van der Waals surface area contributed by atoms with Crippen molar-refractivity contribution in [1.82, 2.24) is 10.3 Å². The Bertz CT molecular complexity index is 213. The molecule has 0 saturated heterocycles. The molecule has 62 valence electrons. The van der Waals surface area contributed by atoms with Gasteiger partial charge in [0.1, 0.15) is 11.4 Å². The molecule has 0 aliphatic heterocycles. The average Bonchev–Trinajstić information content (AvgIpc) is 2.37. The fraction of sp³-hybridized carbons (Fsp3) is 0.667. The largest absolute Gasteiger partial charge is 0.330 e. The topological polar surface area (TPSA) is 64.9 Å². The summed E-state index contributed by atoms with van der Waals surface area (Å²) >= 11 is 1.74. The molecule has 4 nitrogen and oxygen atoms in total. The van der Waals surface area contributed by atoms with Crippen LogP contribution in [0.5, 0.6) is 0 Å². The molecule has 0 aromatic carbocycles. The maximum absolute atomic E-state index is 5.33. The van der Waals surface area contributed by atoms with Crippen molar-refractivity contribution in [2.75, 3.05) is 12.3 Å². The van der Waals surface area contributed by atoms with Crippen molar-refractivity contribution in [3.63, 3.8) is 0 Å². The van der Waals surface area contributed by atoms with Crippen LogP contribution in [-0.2, 0) is 5.75 Å². The Morgan fingerprint density at radius 1 is 1.55 bits per heavy atom. The first-order valence-electron chi connectivity index (χ1n) is 3.40. The number of hydrogen-bond acceptors (Lipinski definition) is 5. The Hall–Kier alpha value is -0.550. The highest BCUT2D eigenvalue weighted by Crippen LogP contribution is 2.10. The van der Waals surface area contributed by atoms with Crippen LogP contribution in [0, 0.1) is 6.92 Å². The van der Waals surface area contributed by atoms with Crippen LogP contribution in [0.3, 0.4) is 0 Å². The Kier molecular flexibility index (Phi) is 3.38. The summed E-state index contributed by atoms with van der Waals surface area (Å²) in [6.07, 6.45) is 0. The van der Waals surface area contributed by atoms with E-state index in [0.29, 0.717) is 6.54 Å². The Labute approximate surface area is 69.5 Å². The third-order valence-electron chi connectivity index (χ3n) is 1.25. The number of nitrogens with zero attached hydrogens (tertiary/aromatic N) is 2. The minimum atomic E-state index is 0.703. The Morgan fingerprint density at radius 3 is 2.91 bits per heavy atom. The van der Waals surface area contributed by atoms with Crippen molar-refractivity contribution < 1.29 is 4.63 Å². The SMILES string of the molecule is Cc1nonc1CSCCN. The van der Waals surface area contributed by atoms with Crippen LogP contribution < -0.4 is 5.73 Å². The smallest absolute Gasteiger partial charge is 0.117 e. The fourth-order valence-electron chi connectivity index (χ4n) is 0.633. The van der Waals surface area contributed by atoms with Gasteiger partial charge in [-0.1, -0.05) is 10.3 Å². The standard InChI is InChI=1S/C6H11N3OS/c1-5-6(9-10-8-5)4-11-3-2-7/h2-4,7H2,1H3. The molecule has 2 N–H and O–H groups in total. The van der Waals surface area contributed by atoms with Crippen LogP contribution >= 0.6 is 11.8 Å². The lowest BCUT2D eigenvalue weighted by atomic mass is 10.4. The quantitative estimate of drug-likeness (QED) is 0.674. The summed E-state index contributed by atoms with van der Waals surface area (Å²) in [5.74, 6) is 1.79. The van der Waals surface area contributed by atoms with Gasteiger partial charge in [-0.05, 0) is 6.92 Å². The molecule has 0 atom stereocenters. The number of hydrogen-bond donors (Lipinski definition) is 1. The van der Waals surface area contributed by atoms with Gasteiger partial charge in [0.25, 0.3) is 0 Å². The molecule has 1 rings (SSSR count). The lowest BCUT2D eigenvalue weighted by Crippen LogP contribution is -2.01. The Balaban J connectivity index is 2.32. The van der Waals surface area contributed by atoms with Crippen molar-refractivity contribution in [2.24, 2.45) is 5.73 Å². The van der Waals surface area contributed by atoms with Gasteiger partial charge in [0.15, 0.2) is 0 Å². The van der Waals surface area contributed by atoms with Crippen molar-refractivity contribution in [2.45, 2.75) is 12.7 Å². The zero-order chi connectivity index (χ0) is 8.10. The highest BCUT2D eigenvalue weighted by atomic mass is 32.2. The van der Waals surface area contributed by atoms with Crippen LogP contribution in [0.2, 0.25) is 0 Å². The number of nitrogens with two attached hydrogens (primary N) is 1. The van der Waals surface area contributed by atoms with Gasteiger partial charge >= 0.3 is 0 Å². The van der Waals surface area contributed by atoms with Gasteiger partial charge in [-0.2, -0.15) is 11.8 Å². The maximum Gasteiger partial charge on any atom is 0.117 e. The molecule has 1 aromatic heterocycles. The van der Waals surface area contributed by atoms with Crippen LogP contribution in [0.1, 0.15) is 11.4 Å². The minimum absolute atomic E-state index is 0.703. The molecule has 5 heteroatoms. The van der Waals surface area contributed by atoms with E-state index in [2.05, 4.69) is 14.9 Å². The normalized spacial score (nSPS) is 10.4. The lowest BCUT2D eigenvalue weighted by Gasteiger charge is -1.93. The highest BCUT2D eigenvalue weighted by Gasteiger charge is 2.03. The van der Waals surface area contributed by atoms with Crippen LogP contribution in [0.25, 0.3) is 0 Å². The second-order valence-electron chi connectivity index (χ2n) is 2.14. The molecule has 0 saturated carbocycles. The maximum atomic E-state index is 5.33. The highest BCUT2D eigenvalue weighted by molar-refractivity contribution is 7.98. The van der Waals surface area contributed by atoms with E-state index < -0.39 is 0 Å². The molecule has 11 heavy (non-hydrogen) atoms. The molecule has 0 bridgehead atoms. The first kappa shape index (κ1) is 8.55. The number of aryl methyl sites for hydroxylation is 1. The first-order valence-corrected chi connectivity index (χ1v) is 4.56. The van der Waals surface area contributed by atoms with Gasteiger partial charge in [0.05, 0.1) is 0 Å². The van der Waals surface area contributed by atoms with Crippen molar-refractivity contribution in [3.8, 4) is 0 Å². The first-order chi connectivity index (χ1) is 5.34. The summed E-state index contributed by atoms with van der Waals surface area (Å²) in [6.45, 7) is 2.59. The van der Waals surface area contributed by atoms with Gasteiger partial charge in [-0.25, -0.2) is 4.63 Å². The predicted molar refractivity (Wildman–Crippen MR) is 44.3 cm³/mol. The van der Waals surface area contributed by atoms with E-state index in [1.165, 1.54) is 0 Å². The van der Waals surface area contributed by atoms with Crippen LogP contribution in [0.4, 0.5) is 0 Å². The molecule has 0 unspecified atom stereocenters. The molecular weight excluding hydrogens is 162 g/mol. The van der Waals surface area contributed by atoms with Crippen molar-refractivity contribution >= 4 is 11.8 Å². The average molecular weight is 173 g/mol. The third kappa shape index (κ3) is 2.51. The summed E-state index contributed by atoms with van der Waals surface area (Å²) < 4.78 is 4.53. The second-order valence-corrected chi connectivity index (χ2v) is 3.24. The molecular formula is C6H11N3OS. The van der Waals surface area contributed by atoms with Crippen molar-refractivity contribution in [1.29, 1.82) is 0 Å². The molecule has 0 aliphatic carbocycles. The van der Waals surface area contributed by atoms with E-state index in [1.807, 2.05) is 6.92 Å². The Morgan fingerprint density at radius 2 is 2.36 bits per heavy atom. The number of aromatic nitrogens is 2. The molecule has 0 fully saturated rings. The second kappa shape index (κ2) is 4.35. The van der Waals surface area contributed by atoms with E-state index in [-0.39, 0.29) is 0 Å². The number of thioether (sulfide) groups is 1. The van der Waals surface area contributed by atoms with Crippen molar-refractivity contribution in [3.05, 3.63) is 11.4 Å². The van der Waals surface area contributed by atoms with E-state index in [1.54, 1.807) is 11.8 Å². The van der Waals surface area contributed by atoms with Crippen LogP contribution in [0.15, 0.2) is 4.63 Å². The molecule has 1 aromatic rings. The summed E-state index contributed by atoms with van der Waals surface area (Å²) in [7, 11) is 0. The lowest BCUT2D eigenvalue weighted by molar-refractivity contribution is 0.302. The molecule has 1 heterocycles. The molecule has 0 amide bonds. The van der Waals surface area contributed by atoms with Gasteiger partial charge in [-0.15, -0.1) is 0 Å².